The number of rotatable bonds is 2. The lowest BCUT2D eigenvalue weighted by molar-refractivity contribution is 0.101. The van der Waals surface area contributed by atoms with Crippen LogP contribution in [0.1, 0.15) is 16.1 Å². The summed E-state index contributed by atoms with van der Waals surface area (Å²) < 4.78 is 4.56. The minimum atomic E-state index is -0.378. The quantitative estimate of drug-likeness (QED) is 0.807. The van der Waals surface area contributed by atoms with Crippen molar-refractivity contribution in [1.82, 2.24) is 5.16 Å². The molecule has 0 aliphatic heterocycles. The molecule has 0 atom stereocenters. The number of hydrogen-bond donors (Lipinski definition) is 2. The minimum Gasteiger partial charge on any atom is -0.508 e. The van der Waals surface area contributed by atoms with Gasteiger partial charge in [-0.05, 0) is 18.6 Å². The van der Waals surface area contributed by atoms with Crippen LogP contribution in [0.2, 0.25) is 0 Å². The highest BCUT2D eigenvalue weighted by Gasteiger charge is 2.09. The van der Waals surface area contributed by atoms with Gasteiger partial charge >= 0.3 is 0 Å². The number of aromatic nitrogens is 1. The Morgan fingerprint density at radius 2 is 2.25 bits per heavy atom. The van der Waals surface area contributed by atoms with E-state index in [1.807, 2.05) is 0 Å². The zero-order valence-corrected chi connectivity index (χ0v) is 8.60. The lowest BCUT2D eigenvalue weighted by atomic mass is 10.2. The fraction of sp³-hybridized carbons (Fsp3) is 0.0909. The molecule has 0 unspecified atom stereocenters. The predicted octanol–water partition coefficient (Wildman–Crippen LogP) is 1.94. The normalized spacial score (nSPS) is 10.1. The lowest BCUT2D eigenvalue weighted by Gasteiger charge is -2.04. The third-order valence-corrected chi connectivity index (χ3v) is 2.14. The van der Waals surface area contributed by atoms with Gasteiger partial charge in [-0.3, -0.25) is 4.79 Å². The molecule has 0 spiro atoms. The van der Waals surface area contributed by atoms with Gasteiger partial charge in [0, 0.05) is 17.8 Å². The van der Waals surface area contributed by atoms with E-state index in [1.54, 1.807) is 19.1 Å². The van der Waals surface area contributed by atoms with Crippen LogP contribution in [0.4, 0.5) is 5.69 Å². The summed E-state index contributed by atoms with van der Waals surface area (Å²) in [5, 5.41) is 15.6. The van der Waals surface area contributed by atoms with Crippen molar-refractivity contribution in [3.05, 3.63) is 41.8 Å². The first-order chi connectivity index (χ1) is 7.66. The molecule has 0 aliphatic rings. The number of aryl methyl sites for hydroxylation is 1. The van der Waals surface area contributed by atoms with E-state index >= 15 is 0 Å². The summed E-state index contributed by atoms with van der Waals surface area (Å²) in [6, 6.07) is 6.36. The number of nitrogens with one attached hydrogen (secondary N) is 1. The van der Waals surface area contributed by atoms with Gasteiger partial charge in [0.15, 0.2) is 5.69 Å². The first-order valence-corrected chi connectivity index (χ1v) is 4.68. The number of benzene rings is 1. The Balaban J connectivity index is 2.15. The predicted molar refractivity (Wildman–Crippen MR) is 57.3 cm³/mol. The maximum Gasteiger partial charge on any atom is 0.277 e. The minimum absolute atomic E-state index is 0.137. The Morgan fingerprint density at radius 3 is 2.88 bits per heavy atom. The van der Waals surface area contributed by atoms with Crippen molar-refractivity contribution in [1.29, 1.82) is 0 Å². The van der Waals surface area contributed by atoms with Gasteiger partial charge in [0.2, 0.25) is 0 Å². The average Bonchev–Trinajstić information content (AvgIpc) is 2.77. The molecule has 0 saturated carbocycles. The van der Waals surface area contributed by atoms with Crippen LogP contribution in [0.3, 0.4) is 0 Å². The second-order valence-electron chi connectivity index (χ2n) is 3.34. The first kappa shape index (κ1) is 10.2. The molecule has 2 rings (SSSR count). The number of carbonyl (C=O) groups excluding carboxylic acids is 1. The molecule has 2 N–H and O–H groups in total. The first-order valence-electron chi connectivity index (χ1n) is 4.68. The van der Waals surface area contributed by atoms with Crippen LogP contribution in [0, 0.1) is 6.92 Å². The lowest BCUT2D eigenvalue weighted by Crippen LogP contribution is -2.11. The van der Waals surface area contributed by atoms with Crippen molar-refractivity contribution in [3.63, 3.8) is 0 Å². The number of amides is 1. The Hall–Kier alpha value is -2.30. The van der Waals surface area contributed by atoms with Gasteiger partial charge in [-0.15, -0.1) is 0 Å². The van der Waals surface area contributed by atoms with Gasteiger partial charge in [0.1, 0.15) is 12.0 Å². The summed E-state index contributed by atoms with van der Waals surface area (Å²) in [6.45, 7) is 1.78. The number of phenols is 1. The fourth-order valence-electron chi connectivity index (χ4n) is 1.21. The van der Waals surface area contributed by atoms with Gasteiger partial charge in [-0.1, -0.05) is 11.2 Å². The summed E-state index contributed by atoms with van der Waals surface area (Å²) in [4.78, 5) is 11.6. The van der Waals surface area contributed by atoms with Gasteiger partial charge in [0.05, 0.1) is 0 Å². The van der Waals surface area contributed by atoms with Crippen molar-refractivity contribution in [2.45, 2.75) is 6.92 Å². The molecule has 1 aromatic carbocycles. The second kappa shape index (κ2) is 4.06. The van der Waals surface area contributed by atoms with Gasteiger partial charge < -0.3 is 14.9 Å². The maximum absolute atomic E-state index is 11.6. The molecule has 0 bridgehead atoms. The average molecular weight is 218 g/mol. The Kier molecular flexibility index (Phi) is 2.59. The molecule has 1 heterocycles. The fourth-order valence-corrected chi connectivity index (χ4v) is 1.21. The number of nitrogens with zero attached hydrogens (tertiary/aromatic N) is 1. The molecule has 0 aliphatic carbocycles. The van der Waals surface area contributed by atoms with E-state index < -0.39 is 0 Å². The van der Waals surface area contributed by atoms with Gasteiger partial charge in [0.25, 0.3) is 5.91 Å². The number of phenolic OH excluding ortho intramolecular Hbond substituents is 1. The Labute approximate surface area is 91.7 Å². The Bertz CT molecular complexity index is 506. The summed E-state index contributed by atoms with van der Waals surface area (Å²) in [7, 11) is 0. The summed E-state index contributed by atoms with van der Waals surface area (Å²) in [6.07, 6.45) is 1.32. The highest BCUT2D eigenvalue weighted by molar-refractivity contribution is 6.02. The zero-order valence-electron chi connectivity index (χ0n) is 8.60. The molecule has 1 amide bonds. The van der Waals surface area contributed by atoms with Crippen LogP contribution in [-0.2, 0) is 0 Å². The topological polar surface area (TPSA) is 75.4 Å². The standard InChI is InChI=1S/C11H10N2O3/c1-7-2-3-8(6-10(7)14)12-11(15)9-4-5-16-13-9/h2-6,14H,1H3,(H,12,15). The van der Waals surface area contributed by atoms with Crippen molar-refractivity contribution in [2.24, 2.45) is 0 Å². The number of aromatic hydroxyl groups is 1. The number of carbonyl (C=O) groups is 1. The van der Waals surface area contributed by atoms with E-state index in [2.05, 4.69) is 15.0 Å². The molecule has 1 aromatic heterocycles. The van der Waals surface area contributed by atoms with Crippen molar-refractivity contribution in [2.75, 3.05) is 5.32 Å². The van der Waals surface area contributed by atoms with E-state index in [4.69, 9.17) is 0 Å². The Morgan fingerprint density at radius 1 is 1.44 bits per heavy atom. The molecule has 5 heteroatoms. The number of anilines is 1. The summed E-state index contributed by atoms with van der Waals surface area (Å²) in [5.41, 5.74) is 1.45. The molecule has 0 radical (unpaired) electrons. The third kappa shape index (κ3) is 2.03. The highest BCUT2D eigenvalue weighted by Crippen LogP contribution is 2.21. The van der Waals surface area contributed by atoms with E-state index in [9.17, 15) is 9.90 Å². The summed E-state index contributed by atoms with van der Waals surface area (Å²) >= 11 is 0. The van der Waals surface area contributed by atoms with Crippen LogP contribution in [0.25, 0.3) is 0 Å². The molecular formula is C11H10N2O3. The van der Waals surface area contributed by atoms with Crippen LogP contribution in [0.5, 0.6) is 5.75 Å². The molecule has 16 heavy (non-hydrogen) atoms. The van der Waals surface area contributed by atoms with E-state index in [0.717, 1.165) is 5.56 Å². The van der Waals surface area contributed by atoms with Gasteiger partial charge in [-0.2, -0.15) is 0 Å². The highest BCUT2D eigenvalue weighted by atomic mass is 16.5. The van der Waals surface area contributed by atoms with Crippen LogP contribution in [-0.4, -0.2) is 16.2 Å². The van der Waals surface area contributed by atoms with Crippen LogP contribution in [0.15, 0.2) is 35.1 Å². The zero-order chi connectivity index (χ0) is 11.5. The largest absolute Gasteiger partial charge is 0.508 e. The molecular weight excluding hydrogens is 208 g/mol. The molecule has 82 valence electrons. The van der Waals surface area contributed by atoms with E-state index in [0.29, 0.717) is 5.69 Å². The smallest absolute Gasteiger partial charge is 0.277 e. The molecule has 0 fully saturated rings. The molecule has 0 saturated heterocycles. The molecule has 2 aromatic rings. The molecule has 5 nitrogen and oxygen atoms in total. The number of hydrogen-bond acceptors (Lipinski definition) is 4. The van der Waals surface area contributed by atoms with Crippen LogP contribution >= 0.6 is 0 Å². The van der Waals surface area contributed by atoms with Crippen molar-refractivity contribution in [3.8, 4) is 5.75 Å². The summed E-state index contributed by atoms with van der Waals surface area (Å²) in [5.74, 6) is -0.241. The third-order valence-electron chi connectivity index (χ3n) is 2.14. The van der Waals surface area contributed by atoms with E-state index in [-0.39, 0.29) is 17.4 Å². The second-order valence-corrected chi connectivity index (χ2v) is 3.34. The monoisotopic (exact) mass is 218 g/mol. The van der Waals surface area contributed by atoms with Crippen molar-refractivity contribution >= 4 is 11.6 Å². The van der Waals surface area contributed by atoms with E-state index in [1.165, 1.54) is 18.4 Å². The SMILES string of the molecule is Cc1ccc(NC(=O)c2ccon2)cc1O. The van der Waals surface area contributed by atoms with Crippen LogP contribution < -0.4 is 5.32 Å². The van der Waals surface area contributed by atoms with Gasteiger partial charge in [-0.25, -0.2) is 0 Å². The van der Waals surface area contributed by atoms with Crippen molar-refractivity contribution < 1.29 is 14.4 Å². The maximum atomic E-state index is 11.6.